The Morgan fingerprint density at radius 2 is 1.88 bits per heavy atom. The van der Waals surface area contributed by atoms with Crippen molar-refractivity contribution in [1.29, 1.82) is 0 Å². The number of hydrogen-bond donors (Lipinski definition) is 4. The standard InChI is InChI=1S/C9H12NO6P/c10-8(9(11)12)5-6-1-3-7(4-2-6)16-17(13,14)15/h1-4,8H,5,10H2,(H,11,12)(H2,13,14,15)/t8-/m0/s1/i9+0. The van der Waals surface area contributed by atoms with Crippen LogP contribution in [0.25, 0.3) is 0 Å². The summed E-state index contributed by atoms with van der Waals surface area (Å²) in [6.07, 6.45) is 0.130. The minimum absolute atomic E-state index is 0.00554. The Bertz CT molecular complexity index is 439. The van der Waals surface area contributed by atoms with Gasteiger partial charge in [-0.3, -0.25) is 14.6 Å². The van der Waals surface area contributed by atoms with Gasteiger partial charge in [-0.1, -0.05) is 12.1 Å². The second-order valence-corrected chi connectivity index (χ2v) is 4.54. The molecule has 7 nitrogen and oxygen atoms in total. The van der Waals surface area contributed by atoms with Crippen LogP contribution in [0.1, 0.15) is 5.56 Å². The van der Waals surface area contributed by atoms with E-state index in [4.69, 9.17) is 20.6 Å². The van der Waals surface area contributed by atoms with Crippen LogP contribution < -0.4 is 10.3 Å². The lowest BCUT2D eigenvalue weighted by atomic mass is 10.1. The molecular weight excluding hydrogens is 249 g/mol. The number of carboxylic acids is 1. The number of benzene rings is 1. The van der Waals surface area contributed by atoms with Crippen LogP contribution in [0.5, 0.6) is 5.75 Å². The molecule has 94 valence electrons. The molecule has 0 saturated heterocycles. The summed E-state index contributed by atoms with van der Waals surface area (Å²) in [7, 11) is -4.56. The van der Waals surface area contributed by atoms with Gasteiger partial charge in [-0.25, -0.2) is 4.57 Å². The van der Waals surface area contributed by atoms with E-state index in [0.29, 0.717) is 5.56 Å². The van der Waals surface area contributed by atoms with E-state index >= 15 is 0 Å². The maximum Gasteiger partial charge on any atom is 0.524 e. The Morgan fingerprint density at radius 1 is 1.35 bits per heavy atom. The zero-order chi connectivity index (χ0) is 13.1. The lowest BCUT2D eigenvalue weighted by molar-refractivity contribution is -0.138. The number of carboxylic acid groups (broad SMARTS) is 1. The molecule has 0 aliphatic rings. The first kappa shape index (κ1) is 13.7. The number of aliphatic carboxylic acids is 1. The highest BCUT2D eigenvalue weighted by molar-refractivity contribution is 7.46. The van der Waals surface area contributed by atoms with Crippen molar-refractivity contribution in [3.63, 3.8) is 0 Å². The second-order valence-electron chi connectivity index (χ2n) is 3.37. The van der Waals surface area contributed by atoms with Crippen LogP contribution >= 0.6 is 7.82 Å². The van der Waals surface area contributed by atoms with Crippen molar-refractivity contribution in [3.8, 4) is 5.75 Å². The summed E-state index contributed by atoms with van der Waals surface area (Å²) in [5.74, 6) is -1.11. The Kier molecular flexibility index (Phi) is 4.25. The molecule has 0 aliphatic heterocycles. The van der Waals surface area contributed by atoms with Crippen molar-refractivity contribution in [3.05, 3.63) is 29.8 Å². The van der Waals surface area contributed by atoms with Crippen LogP contribution in [0.15, 0.2) is 24.3 Å². The molecular formula is C9H12NO6P. The highest BCUT2D eigenvalue weighted by atomic mass is 31.2. The van der Waals surface area contributed by atoms with Crippen LogP contribution in [0.4, 0.5) is 0 Å². The smallest absolute Gasteiger partial charge is 0.480 e. The summed E-state index contributed by atoms with van der Waals surface area (Å²) >= 11 is 0. The SMILES string of the molecule is N[C@@H](Cc1ccc(OP(=O)(O)O)cc1)[12C](=O)O. The fraction of sp³-hybridized carbons (Fsp3) is 0.222. The summed E-state index contributed by atoms with van der Waals surface area (Å²) in [4.78, 5) is 27.6. The maximum absolute atomic E-state index is 10.5. The Labute approximate surface area is 97.1 Å². The summed E-state index contributed by atoms with van der Waals surface area (Å²) in [5.41, 5.74) is 5.97. The molecule has 1 aromatic rings. The Hall–Kier alpha value is -1.40. The van der Waals surface area contributed by atoms with Gasteiger partial charge < -0.3 is 15.4 Å². The average molecular weight is 261 g/mol. The molecule has 17 heavy (non-hydrogen) atoms. The van der Waals surface area contributed by atoms with Crippen LogP contribution in [0.3, 0.4) is 0 Å². The number of phosphoric acid groups is 1. The number of nitrogens with two attached hydrogens (primary N) is 1. The van der Waals surface area contributed by atoms with Crippen molar-refractivity contribution in [2.75, 3.05) is 0 Å². The topological polar surface area (TPSA) is 130 Å². The first-order valence-corrected chi connectivity index (χ1v) is 6.13. The highest BCUT2D eigenvalue weighted by Crippen LogP contribution is 2.37. The van der Waals surface area contributed by atoms with E-state index in [9.17, 15) is 9.36 Å². The van der Waals surface area contributed by atoms with Crippen molar-refractivity contribution in [2.24, 2.45) is 5.73 Å². The van der Waals surface area contributed by atoms with Gasteiger partial charge in [0, 0.05) is 0 Å². The lowest BCUT2D eigenvalue weighted by Gasteiger charge is -2.09. The van der Waals surface area contributed by atoms with Gasteiger partial charge in [0.05, 0.1) is 0 Å². The lowest BCUT2D eigenvalue weighted by Crippen LogP contribution is -2.32. The normalized spacial score (nSPS) is 13.1. The maximum atomic E-state index is 10.5. The van der Waals surface area contributed by atoms with Crippen LogP contribution in [0.2, 0.25) is 0 Å². The van der Waals surface area contributed by atoms with Gasteiger partial charge in [0.1, 0.15) is 11.8 Å². The molecule has 0 bridgehead atoms. The van der Waals surface area contributed by atoms with Gasteiger partial charge in [-0.15, -0.1) is 0 Å². The van der Waals surface area contributed by atoms with Crippen LogP contribution in [0, 0.1) is 0 Å². The summed E-state index contributed by atoms with van der Waals surface area (Å²) < 4.78 is 14.9. The van der Waals surface area contributed by atoms with E-state index in [1.807, 2.05) is 0 Å². The third-order valence-corrected chi connectivity index (χ3v) is 2.37. The van der Waals surface area contributed by atoms with Gasteiger partial charge in [-0.05, 0) is 24.1 Å². The molecule has 0 fully saturated rings. The molecule has 0 heterocycles. The van der Waals surface area contributed by atoms with E-state index < -0.39 is 19.8 Å². The van der Waals surface area contributed by atoms with Crippen molar-refractivity contribution >= 4 is 13.8 Å². The van der Waals surface area contributed by atoms with Gasteiger partial charge in [0.2, 0.25) is 0 Å². The molecule has 0 radical (unpaired) electrons. The molecule has 1 aromatic carbocycles. The molecule has 0 aliphatic carbocycles. The van der Waals surface area contributed by atoms with Gasteiger partial charge in [-0.2, -0.15) is 0 Å². The largest absolute Gasteiger partial charge is 0.524 e. The number of hydrogen-bond acceptors (Lipinski definition) is 4. The van der Waals surface area contributed by atoms with E-state index in [0.717, 1.165) is 0 Å². The van der Waals surface area contributed by atoms with Crippen molar-refractivity contribution < 1.29 is 28.8 Å². The van der Waals surface area contributed by atoms with E-state index in [1.54, 1.807) is 0 Å². The Morgan fingerprint density at radius 3 is 2.29 bits per heavy atom. The van der Waals surface area contributed by atoms with Crippen LogP contribution in [-0.4, -0.2) is 26.9 Å². The summed E-state index contributed by atoms with van der Waals surface area (Å²) in [5, 5.41) is 8.60. The van der Waals surface area contributed by atoms with E-state index in [1.165, 1.54) is 24.3 Å². The van der Waals surface area contributed by atoms with Crippen LogP contribution in [-0.2, 0) is 15.8 Å². The molecule has 0 saturated carbocycles. The fourth-order valence-electron chi connectivity index (χ4n) is 1.16. The first-order valence-electron chi connectivity index (χ1n) is 4.60. The minimum Gasteiger partial charge on any atom is -0.480 e. The molecule has 1 rings (SSSR count). The molecule has 0 aromatic heterocycles. The number of phosphoric ester groups is 1. The summed E-state index contributed by atoms with van der Waals surface area (Å²) in [6, 6.07) is 4.65. The molecule has 8 heteroatoms. The fourth-order valence-corrected chi connectivity index (χ4v) is 1.56. The van der Waals surface area contributed by atoms with Crippen molar-refractivity contribution in [1.82, 2.24) is 0 Å². The first-order chi connectivity index (χ1) is 7.78. The second kappa shape index (κ2) is 5.29. The number of rotatable bonds is 5. The minimum atomic E-state index is -4.56. The monoisotopic (exact) mass is 261 g/mol. The van der Waals surface area contributed by atoms with E-state index in [2.05, 4.69) is 4.52 Å². The molecule has 0 spiro atoms. The average Bonchev–Trinajstić information content (AvgIpc) is 2.18. The van der Waals surface area contributed by atoms with E-state index in [-0.39, 0.29) is 12.2 Å². The third-order valence-electron chi connectivity index (χ3n) is 1.92. The number of carbonyl (C=O) groups is 1. The molecule has 0 unspecified atom stereocenters. The Balaban J connectivity index is 2.68. The highest BCUT2D eigenvalue weighted by Gasteiger charge is 2.16. The molecule has 1 atom stereocenters. The summed E-state index contributed by atoms with van der Waals surface area (Å²) in [6.45, 7) is 0. The van der Waals surface area contributed by atoms with Crippen molar-refractivity contribution in [2.45, 2.75) is 12.5 Å². The van der Waals surface area contributed by atoms with Gasteiger partial charge in [0.25, 0.3) is 0 Å². The van der Waals surface area contributed by atoms with Gasteiger partial charge >= 0.3 is 13.8 Å². The predicted molar refractivity (Wildman–Crippen MR) is 58.4 cm³/mol. The quantitative estimate of drug-likeness (QED) is 0.553. The molecule has 5 N–H and O–H groups in total. The predicted octanol–water partition coefficient (Wildman–Crippen LogP) is 0.113. The zero-order valence-corrected chi connectivity index (χ0v) is 9.58. The molecule has 0 amide bonds. The zero-order valence-electron chi connectivity index (χ0n) is 8.68. The third kappa shape index (κ3) is 4.97. The van der Waals surface area contributed by atoms with Gasteiger partial charge in [0.15, 0.2) is 0 Å².